The molecule has 0 radical (unpaired) electrons. The van der Waals surface area contributed by atoms with Crippen LogP contribution in [0.4, 0.5) is 53.3 Å². The summed E-state index contributed by atoms with van der Waals surface area (Å²) < 4.78 is 178. The molecule has 0 heterocycles. The second-order valence-electron chi connectivity index (χ2n) is 3.14. The van der Waals surface area contributed by atoms with Crippen LogP contribution >= 0.6 is 0 Å². The van der Waals surface area contributed by atoms with E-state index in [9.17, 15) is 53.3 Å². The maximum absolute atomic E-state index is 12.4. The van der Waals surface area contributed by atoms with Gasteiger partial charge in [-0.05, 0) is 0 Å². The van der Waals surface area contributed by atoms with E-state index in [2.05, 4.69) is 0 Å². The van der Waals surface area contributed by atoms with Crippen LogP contribution in [-0.2, 0) is 8.43 Å². The van der Waals surface area contributed by atoms with E-state index in [1.54, 1.807) is 0 Å². The topological polar surface area (TPSA) is 27.7 Å². The fourth-order valence-electron chi connectivity index (χ4n) is 0.382. The van der Waals surface area contributed by atoms with Crippen molar-refractivity contribution >= 4 is 55.7 Å². The number of halogens is 15. The summed E-state index contributed by atoms with van der Waals surface area (Å²) >= 11 is -45.1. The molecule has 0 saturated carbocycles. The fourth-order valence-corrected chi connectivity index (χ4v) is 14.5. The molecule has 0 fully saturated rings. The van der Waals surface area contributed by atoms with Gasteiger partial charge in [0, 0.05) is 0 Å². The predicted molar refractivity (Wildman–Crippen MR) is 42.9 cm³/mol. The summed E-state index contributed by atoms with van der Waals surface area (Å²) in [5.41, 5.74) is 0. The Kier molecular flexibility index (Phi) is 3.72. The van der Waals surface area contributed by atoms with E-state index in [4.69, 9.17) is 0 Å². The summed E-state index contributed by atoms with van der Waals surface area (Å²) in [5, 5.41) is 0. The zero-order chi connectivity index (χ0) is 18.9. The third-order valence-corrected chi connectivity index (χ3v) is 16.3. The van der Waals surface area contributed by atoms with Crippen molar-refractivity contribution in [3.05, 3.63) is 0 Å². The van der Waals surface area contributed by atoms with Crippen molar-refractivity contribution in [2.45, 2.75) is 0 Å². The first kappa shape index (κ1) is 22.9. The van der Waals surface area contributed by atoms with Crippen LogP contribution in [0.15, 0.2) is 0 Å². The zero-order valence-electron chi connectivity index (χ0n) is 8.57. The normalized spacial score (nSPS) is 25.8. The summed E-state index contributed by atoms with van der Waals surface area (Å²) in [6.07, 6.45) is 0. The Morgan fingerprint density at radius 1 is 0.364 bits per heavy atom. The van der Waals surface area contributed by atoms with Gasteiger partial charge in [0.1, 0.15) is 0 Å². The molecule has 0 aliphatic heterocycles. The average molecular weight is 645 g/mol. The fraction of sp³-hybridized carbons (Fsp3) is 0. The van der Waals surface area contributed by atoms with Crippen LogP contribution in [-0.4, -0.2) is 55.7 Å². The molecule has 22 heteroatoms. The van der Waals surface area contributed by atoms with E-state index in [1.807, 2.05) is 0 Å². The predicted octanol–water partition coefficient (Wildman–Crippen LogP) is 4.57. The molecular weight excluding hydrogens is 645 g/mol. The van der Waals surface area contributed by atoms with Gasteiger partial charge in [0.05, 0.1) is 0 Å². The molecule has 0 aliphatic carbocycles. The van der Waals surface area contributed by atoms with E-state index in [-0.39, 0.29) is 0 Å². The monoisotopic (exact) mass is 648 g/mol. The molecule has 0 amide bonds. The summed E-state index contributed by atoms with van der Waals surface area (Å²) in [4.78, 5) is 0. The zero-order valence-corrected chi connectivity index (χ0v) is 15.6. The molecule has 0 unspecified atom stereocenters. The Bertz CT molecular complexity index is 393. The molecule has 0 aromatic rings. The molecule has 0 aromatic heterocycles. The average Bonchev–Trinajstić information content (AvgIpc) is 1.54. The maximum atomic E-state index is 11.6. The minimum atomic E-state index is -12.4. The first-order chi connectivity index (χ1) is 8.21. The summed E-state index contributed by atoms with van der Waals surface area (Å²) in [7, 11) is 0. The van der Waals surface area contributed by atoms with Crippen LogP contribution in [0.2, 0.25) is 0 Å². The summed E-state index contributed by atoms with van der Waals surface area (Å²) in [6, 6.07) is 0. The molecular formula is AsF15O3Se3. The molecule has 3 nitrogen and oxygen atoms in total. The van der Waals surface area contributed by atoms with E-state index >= 15 is 0 Å². The van der Waals surface area contributed by atoms with E-state index in [0.717, 1.165) is 8.43 Å². The van der Waals surface area contributed by atoms with Crippen molar-refractivity contribution in [1.29, 1.82) is 0 Å². The SMILES string of the molecule is F[Se](F)(F)(F)(F)O[As](O[Se](F)(F)(F)(F)F)O[Se](F)(F)(F)(F)F. The quantitative estimate of drug-likeness (QED) is 0.313. The second-order valence-corrected chi connectivity index (χ2v) is 21.2. The van der Waals surface area contributed by atoms with Crippen LogP contribution in [0.3, 0.4) is 0 Å². The molecule has 0 spiro atoms. The van der Waals surface area contributed by atoms with Gasteiger partial charge in [-0.25, -0.2) is 0 Å². The molecule has 22 heavy (non-hydrogen) atoms. The molecule has 0 aliphatic rings. The molecule has 146 valence electrons. The molecule has 0 atom stereocenters. The summed E-state index contributed by atoms with van der Waals surface area (Å²) in [6.45, 7) is 0. The molecule has 0 rings (SSSR count). The molecule has 0 saturated heterocycles. The van der Waals surface area contributed by atoms with Gasteiger partial charge in [0.25, 0.3) is 0 Å². The van der Waals surface area contributed by atoms with Crippen molar-refractivity contribution in [3.63, 3.8) is 0 Å². The molecule has 0 N–H and O–H groups in total. The van der Waals surface area contributed by atoms with E-state index in [1.165, 1.54) is 0 Å². The van der Waals surface area contributed by atoms with Gasteiger partial charge in [-0.15, -0.1) is 0 Å². The van der Waals surface area contributed by atoms with Crippen LogP contribution < -0.4 is 0 Å². The number of hydrogen-bond acceptors (Lipinski definition) is 3. The third kappa shape index (κ3) is 17.3. The second kappa shape index (κ2) is 3.57. The Balaban J connectivity index is 5.90. The molecule has 0 bridgehead atoms. The first-order valence-corrected chi connectivity index (χ1v) is 17.5. The Hall–Kier alpha value is 0.947. The van der Waals surface area contributed by atoms with Gasteiger partial charge < -0.3 is 0 Å². The van der Waals surface area contributed by atoms with Crippen molar-refractivity contribution < 1.29 is 61.7 Å². The third-order valence-electron chi connectivity index (χ3n) is 0.605. The van der Waals surface area contributed by atoms with Crippen LogP contribution in [0.1, 0.15) is 0 Å². The van der Waals surface area contributed by atoms with Crippen molar-refractivity contribution in [2.24, 2.45) is 0 Å². The standard InChI is InChI=1S/AsF15O3Se3/c2-20(3,4,5,6)17-1(18-21(7,8,9,10)11)19-22(12,13,14,15)16. The van der Waals surface area contributed by atoms with Gasteiger partial charge in [-0.2, -0.15) is 0 Å². The number of hydrogen-bond donors (Lipinski definition) is 0. The van der Waals surface area contributed by atoms with Crippen molar-refractivity contribution in [1.82, 2.24) is 0 Å². The van der Waals surface area contributed by atoms with Crippen LogP contribution in [0.25, 0.3) is 0 Å². The van der Waals surface area contributed by atoms with E-state index in [0.29, 0.717) is 0 Å². The Morgan fingerprint density at radius 3 is 0.591 bits per heavy atom. The van der Waals surface area contributed by atoms with Crippen molar-refractivity contribution in [2.75, 3.05) is 0 Å². The van der Waals surface area contributed by atoms with Crippen LogP contribution in [0, 0.1) is 0 Å². The van der Waals surface area contributed by atoms with Gasteiger partial charge in [-0.1, -0.05) is 0 Å². The first-order valence-electron chi connectivity index (χ1n) is 3.36. The van der Waals surface area contributed by atoms with Gasteiger partial charge in [0.2, 0.25) is 0 Å². The van der Waals surface area contributed by atoms with Gasteiger partial charge in [-0.3, -0.25) is 0 Å². The Labute approximate surface area is 117 Å². The van der Waals surface area contributed by atoms with E-state index < -0.39 is 55.7 Å². The van der Waals surface area contributed by atoms with Crippen LogP contribution in [0.5, 0.6) is 0 Å². The van der Waals surface area contributed by atoms with Gasteiger partial charge in [0.15, 0.2) is 0 Å². The Morgan fingerprint density at radius 2 is 0.500 bits per heavy atom. The molecule has 0 aromatic carbocycles. The van der Waals surface area contributed by atoms with Crippen molar-refractivity contribution in [3.8, 4) is 0 Å². The minimum absolute atomic E-state index is 1.04. The summed E-state index contributed by atoms with van der Waals surface area (Å²) in [5.74, 6) is 0. The number of rotatable bonds is 6. The van der Waals surface area contributed by atoms with Gasteiger partial charge >= 0.3 is 117 Å².